The standard InChI is InChI=1S/C13H13ClN2OS/c1-9-16-12(8-18-9)13(17)15-6-5-10-3-2-4-11(14)7-10/h2-4,7-8H,5-6H2,1H3,(H,15,17). The molecule has 1 aromatic carbocycles. The summed E-state index contributed by atoms with van der Waals surface area (Å²) in [5, 5.41) is 6.23. The van der Waals surface area contributed by atoms with E-state index in [0.717, 1.165) is 17.0 Å². The van der Waals surface area contributed by atoms with E-state index in [2.05, 4.69) is 10.3 Å². The number of nitrogens with zero attached hydrogens (tertiary/aromatic N) is 1. The number of carbonyl (C=O) groups excluding carboxylic acids is 1. The summed E-state index contributed by atoms with van der Waals surface area (Å²) in [6.45, 7) is 2.46. The van der Waals surface area contributed by atoms with Crippen molar-refractivity contribution in [1.29, 1.82) is 0 Å². The molecular formula is C13H13ClN2OS. The lowest BCUT2D eigenvalue weighted by Crippen LogP contribution is -2.25. The van der Waals surface area contributed by atoms with Crippen LogP contribution in [-0.2, 0) is 6.42 Å². The highest BCUT2D eigenvalue weighted by molar-refractivity contribution is 7.09. The van der Waals surface area contributed by atoms with Gasteiger partial charge in [-0.15, -0.1) is 11.3 Å². The van der Waals surface area contributed by atoms with Crippen molar-refractivity contribution in [3.05, 3.63) is 50.9 Å². The number of aryl methyl sites for hydroxylation is 1. The molecule has 0 aliphatic heterocycles. The van der Waals surface area contributed by atoms with Gasteiger partial charge in [0.15, 0.2) is 0 Å². The van der Waals surface area contributed by atoms with Gasteiger partial charge in [0.1, 0.15) is 5.69 Å². The lowest BCUT2D eigenvalue weighted by Gasteiger charge is -2.04. The van der Waals surface area contributed by atoms with E-state index in [4.69, 9.17) is 11.6 Å². The summed E-state index contributed by atoms with van der Waals surface area (Å²) >= 11 is 7.36. The summed E-state index contributed by atoms with van der Waals surface area (Å²) in [7, 11) is 0. The Morgan fingerprint density at radius 1 is 1.50 bits per heavy atom. The molecule has 0 bridgehead atoms. The Bertz CT molecular complexity index is 553. The zero-order chi connectivity index (χ0) is 13.0. The first-order chi connectivity index (χ1) is 8.65. The van der Waals surface area contributed by atoms with Crippen molar-refractivity contribution < 1.29 is 4.79 Å². The molecule has 0 radical (unpaired) electrons. The number of amides is 1. The van der Waals surface area contributed by atoms with Gasteiger partial charge >= 0.3 is 0 Å². The number of hydrogen-bond donors (Lipinski definition) is 1. The molecule has 2 rings (SSSR count). The molecule has 0 saturated heterocycles. The third-order valence-corrected chi connectivity index (χ3v) is 3.45. The summed E-state index contributed by atoms with van der Waals surface area (Å²) < 4.78 is 0. The van der Waals surface area contributed by atoms with Crippen LogP contribution in [0.3, 0.4) is 0 Å². The second kappa shape index (κ2) is 5.98. The highest BCUT2D eigenvalue weighted by Crippen LogP contribution is 2.11. The van der Waals surface area contributed by atoms with Crippen LogP contribution in [0.2, 0.25) is 5.02 Å². The summed E-state index contributed by atoms with van der Waals surface area (Å²) in [4.78, 5) is 15.9. The van der Waals surface area contributed by atoms with Crippen LogP contribution in [0.25, 0.3) is 0 Å². The van der Waals surface area contributed by atoms with E-state index < -0.39 is 0 Å². The number of halogens is 1. The molecule has 1 N–H and O–H groups in total. The molecule has 0 aliphatic rings. The largest absolute Gasteiger partial charge is 0.350 e. The minimum Gasteiger partial charge on any atom is -0.350 e. The van der Waals surface area contributed by atoms with Crippen molar-refractivity contribution in [2.45, 2.75) is 13.3 Å². The molecule has 18 heavy (non-hydrogen) atoms. The predicted octanol–water partition coefficient (Wildman–Crippen LogP) is 3.08. The quantitative estimate of drug-likeness (QED) is 0.935. The number of aromatic nitrogens is 1. The summed E-state index contributed by atoms with van der Waals surface area (Å²) in [5.74, 6) is -0.124. The van der Waals surface area contributed by atoms with Gasteiger partial charge in [-0.1, -0.05) is 23.7 Å². The van der Waals surface area contributed by atoms with E-state index in [1.165, 1.54) is 11.3 Å². The van der Waals surface area contributed by atoms with Crippen molar-refractivity contribution in [3.63, 3.8) is 0 Å². The van der Waals surface area contributed by atoms with Crippen LogP contribution in [0, 0.1) is 6.92 Å². The summed E-state index contributed by atoms with van der Waals surface area (Å²) in [6.07, 6.45) is 0.759. The Labute approximate surface area is 115 Å². The average molecular weight is 281 g/mol. The molecule has 1 heterocycles. The van der Waals surface area contributed by atoms with Crippen LogP contribution in [0.15, 0.2) is 29.6 Å². The van der Waals surface area contributed by atoms with Gasteiger partial charge < -0.3 is 5.32 Å². The highest BCUT2D eigenvalue weighted by atomic mass is 35.5. The van der Waals surface area contributed by atoms with Gasteiger partial charge in [0.25, 0.3) is 5.91 Å². The Balaban J connectivity index is 1.84. The first kappa shape index (κ1) is 13.1. The first-order valence-corrected chi connectivity index (χ1v) is 6.85. The van der Waals surface area contributed by atoms with E-state index in [-0.39, 0.29) is 5.91 Å². The van der Waals surface area contributed by atoms with Crippen molar-refractivity contribution in [1.82, 2.24) is 10.3 Å². The normalized spacial score (nSPS) is 10.3. The first-order valence-electron chi connectivity index (χ1n) is 5.60. The number of rotatable bonds is 4. The number of benzene rings is 1. The molecule has 94 valence electrons. The molecule has 5 heteroatoms. The van der Waals surface area contributed by atoms with Gasteiger partial charge in [0, 0.05) is 16.9 Å². The fraction of sp³-hybridized carbons (Fsp3) is 0.231. The smallest absolute Gasteiger partial charge is 0.270 e. The van der Waals surface area contributed by atoms with Crippen LogP contribution >= 0.6 is 22.9 Å². The fourth-order valence-electron chi connectivity index (χ4n) is 1.57. The minimum absolute atomic E-state index is 0.124. The number of nitrogens with one attached hydrogen (secondary N) is 1. The molecule has 1 aromatic heterocycles. The number of carbonyl (C=O) groups is 1. The van der Waals surface area contributed by atoms with Gasteiger partial charge in [0.2, 0.25) is 0 Å². The van der Waals surface area contributed by atoms with Gasteiger partial charge in [-0.05, 0) is 31.0 Å². The van der Waals surface area contributed by atoms with Crippen molar-refractivity contribution >= 4 is 28.8 Å². The van der Waals surface area contributed by atoms with Crippen LogP contribution in [0.1, 0.15) is 21.1 Å². The summed E-state index contributed by atoms with van der Waals surface area (Å²) in [6, 6.07) is 7.64. The molecular weight excluding hydrogens is 268 g/mol. The van der Waals surface area contributed by atoms with Crippen LogP contribution in [-0.4, -0.2) is 17.4 Å². The Hall–Kier alpha value is -1.39. The molecule has 0 unspecified atom stereocenters. The van der Waals surface area contributed by atoms with Crippen LogP contribution in [0.4, 0.5) is 0 Å². The van der Waals surface area contributed by atoms with Crippen molar-refractivity contribution in [3.8, 4) is 0 Å². The second-order valence-electron chi connectivity index (χ2n) is 3.89. The Kier molecular flexibility index (Phi) is 4.33. The fourth-order valence-corrected chi connectivity index (χ4v) is 2.38. The van der Waals surface area contributed by atoms with E-state index in [0.29, 0.717) is 17.3 Å². The van der Waals surface area contributed by atoms with Gasteiger partial charge in [0.05, 0.1) is 5.01 Å². The lowest BCUT2D eigenvalue weighted by molar-refractivity contribution is 0.0949. The van der Waals surface area contributed by atoms with Crippen molar-refractivity contribution in [2.24, 2.45) is 0 Å². The maximum Gasteiger partial charge on any atom is 0.270 e. The van der Waals surface area contributed by atoms with Gasteiger partial charge in [-0.2, -0.15) is 0 Å². The minimum atomic E-state index is -0.124. The molecule has 0 saturated carbocycles. The molecule has 2 aromatic rings. The van der Waals surface area contributed by atoms with Crippen molar-refractivity contribution in [2.75, 3.05) is 6.54 Å². The topological polar surface area (TPSA) is 42.0 Å². The van der Waals surface area contributed by atoms with E-state index in [1.54, 1.807) is 5.38 Å². The Morgan fingerprint density at radius 3 is 3.00 bits per heavy atom. The zero-order valence-corrected chi connectivity index (χ0v) is 11.5. The maximum atomic E-state index is 11.7. The average Bonchev–Trinajstić information content (AvgIpc) is 2.76. The van der Waals surface area contributed by atoms with Crippen LogP contribution < -0.4 is 5.32 Å². The third kappa shape index (κ3) is 3.55. The summed E-state index contributed by atoms with van der Waals surface area (Å²) in [5.41, 5.74) is 1.60. The van der Waals surface area contributed by atoms with E-state index in [9.17, 15) is 4.79 Å². The van der Waals surface area contributed by atoms with E-state index in [1.807, 2.05) is 31.2 Å². The van der Waals surface area contributed by atoms with Gasteiger partial charge in [-0.25, -0.2) is 4.98 Å². The molecule has 1 amide bonds. The molecule has 0 fully saturated rings. The second-order valence-corrected chi connectivity index (χ2v) is 5.39. The highest BCUT2D eigenvalue weighted by Gasteiger charge is 2.08. The Morgan fingerprint density at radius 2 is 2.33 bits per heavy atom. The monoisotopic (exact) mass is 280 g/mol. The predicted molar refractivity (Wildman–Crippen MR) is 74.3 cm³/mol. The molecule has 0 atom stereocenters. The van der Waals surface area contributed by atoms with Crippen LogP contribution in [0.5, 0.6) is 0 Å². The van der Waals surface area contributed by atoms with Gasteiger partial charge in [-0.3, -0.25) is 4.79 Å². The molecule has 0 aliphatic carbocycles. The number of hydrogen-bond acceptors (Lipinski definition) is 3. The number of thiazole rings is 1. The van der Waals surface area contributed by atoms with E-state index >= 15 is 0 Å². The maximum absolute atomic E-state index is 11.7. The lowest BCUT2D eigenvalue weighted by atomic mass is 10.1. The third-order valence-electron chi connectivity index (χ3n) is 2.44. The molecule has 0 spiro atoms. The molecule has 3 nitrogen and oxygen atoms in total. The SMILES string of the molecule is Cc1nc(C(=O)NCCc2cccc(Cl)c2)cs1. The zero-order valence-electron chi connectivity index (χ0n) is 9.94.